The highest BCUT2D eigenvalue weighted by molar-refractivity contribution is 5.91. The van der Waals surface area contributed by atoms with E-state index in [2.05, 4.69) is 11.4 Å². The van der Waals surface area contributed by atoms with Crippen molar-refractivity contribution in [3.63, 3.8) is 0 Å². The molecule has 1 unspecified atom stereocenters. The highest BCUT2D eigenvalue weighted by atomic mass is 19.1. The third-order valence-electron chi connectivity index (χ3n) is 2.88. The van der Waals surface area contributed by atoms with Crippen LogP contribution in [-0.2, 0) is 4.79 Å². The molecule has 0 aliphatic heterocycles. The van der Waals surface area contributed by atoms with Crippen molar-refractivity contribution in [3.05, 3.63) is 66.0 Å². The number of hydrogen-bond donors (Lipinski definition) is 1. The number of amides is 1. The summed E-state index contributed by atoms with van der Waals surface area (Å²) in [5.74, 6) is -1.12. The van der Waals surface area contributed by atoms with Gasteiger partial charge in [-0.1, -0.05) is 30.3 Å². The van der Waals surface area contributed by atoms with E-state index in [1.165, 1.54) is 24.3 Å². The van der Waals surface area contributed by atoms with Gasteiger partial charge in [0.05, 0.1) is 12.0 Å². The molecule has 100 valence electrons. The van der Waals surface area contributed by atoms with Crippen LogP contribution in [0.15, 0.2) is 54.6 Å². The molecule has 0 aliphatic rings. The second-order valence-electron chi connectivity index (χ2n) is 4.35. The highest BCUT2D eigenvalue weighted by Gasteiger charge is 2.15. The Morgan fingerprint density at radius 1 is 1.15 bits per heavy atom. The Bertz CT molecular complexity index is 617. The average Bonchev–Trinajstić information content (AvgIpc) is 2.48. The van der Waals surface area contributed by atoms with Crippen molar-refractivity contribution in [2.75, 3.05) is 5.32 Å². The fourth-order valence-electron chi connectivity index (χ4n) is 1.85. The summed E-state index contributed by atoms with van der Waals surface area (Å²) >= 11 is 0. The Kier molecular flexibility index (Phi) is 4.46. The first-order chi connectivity index (χ1) is 9.69. The highest BCUT2D eigenvalue weighted by Crippen LogP contribution is 2.19. The number of rotatable bonds is 4. The molecule has 2 rings (SSSR count). The number of carbonyl (C=O) groups is 1. The molecule has 2 aromatic rings. The molecule has 4 heteroatoms. The maximum Gasteiger partial charge on any atom is 0.226 e. The molecule has 0 saturated heterocycles. The Morgan fingerprint density at radius 3 is 2.40 bits per heavy atom. The van der Waals surface area contributed by atoms with Crippen LogP contribution in [0.2, 0.25) is 0 Å². The molecule has 20 heavy (non-hydrogen) atoms. The van der Waals surface area contributed by atoms with Crippen molar-refractivity contribution in [1.29, 1.82) is 5.26 Å². The molecule has 1 amide bonds. The molecule has 0 saturated carbocycles. The molecule has 0 radical (unpaired) electrons. The Hall–Kier alpha value is -2.67. The molecule has 0 bridgehead atoms. The summed E-state index contributed by atoms with van der Waals surface area (Å²) in [4.78, 5) is 11.9. The summed E-state index contributed by atoms with van der Waals surface area (Å²) in [6, 6.07) is 16.8. The average molecular weight is 268 g/mol. The van der Waals surface area contributed by atoms with E-state index in [1.54, 1.807) is 0 Å². The minimum absolute atomic E-state index is 0.0674. The Labute approximate surface area is 116 Å². The first-order valence-corrected chi connectivity index (χ1v) is 6.19. The number of nitrogens with zero attached hydrogens (tertiary/aromatic N) is 1. The predicted molar refractivity (Wildman–Crippen MR) is 74.4 cm³/mol. The van der Waals surface area contributed by atoms with E-state index in [1.807, 2.05) is 30.3 Å². The van der Waals surface area contributed by atoms with E-state index in [9.17, 15) is 9.18 Å². The van der Waals surface area contributed by atoms with Gasteiger partial charge in [-0.2, -0.15) is 5.26 Å². The Balaban J connectivity index is 2.00. The van der Waals surface area contributed by atoms with Crippen LogP contribution in [0.5, 0.6) is 0 Å². The number of nitriles is 1. The lowest BCUT2D eigenvalue weighted by molar-refractivity contribution is -0.116. The summed E-state index contributed by atoms with van der Waals surface area (Å²) in [5.41, 5.74) is 1.32. The standard InChI is InChI=1S/C16H13FN2O/c17-14-6-8-15(9-7-14)19-16(20)10-13(11-18)12-4-2-1-3-5-12/h1-9,13H,10H2,(H,19,20). The topological polar surface area (TPSA) is 52.9 Å². The van der Waals surface area contributed by atoms with Crippen LogP contribution in [0.4, 0.5) is 10.1 Å². The lowest BCUT2D eigenvalue weighted by Gasteiger charge is -2.10. The maximum atomic E-state index is 12.8. The molecular formula is C16H13FN2O. The van der Waals surface area contributed by atoms with Crippen molar-refractivity contribution in [3.8, 4) is 6.07 Å². The first kappa shape index (κ1) is 13.8. The molecule has 0 fully saturated rings. The molecule has 0 aliphatic carbocycles. The second kappa shape index (κ2) is 6.48. The van der Waals surface area contributed by atoms with Gasteiger partial charge in [0.15, 0.2) is 0 Å². The van der Waals surface area contributed by atoms with Crippen LogP contribution in [-0.4, -0.2) is 5.91 Å². The van der Waals surface area contributed by atoms with Gasteiger partial charge in [0.2, 0.25) is 5.91 Å². The van der Waals surface area contributed by atoms with Crippen LogP contribution >= 0.6 is 0 Å². The fourth-order valence-corrected chi connectivity index (χ4v) is 1.85. The summed E-state index contributed by atoms with van der Waals surface area (Å²) in [5, 5.41) is 11.8. The minimum atomic E-state index is -0.489. The van der Waals surface area contributed by atoms with E-state index in [0.717, 1.165) is 5.56 Å². The van der Waals surface area contributed by atoms with Gasteiger partial charge in [0, 0.05) is 12.1 Å². The predicted octanol–water partition coefficient (Wildman–Crippen LogP) is 3.46. The maximum absolute atomic E-state index is 12.8. The lowest BCUT2D eigenvalue weighted by atomic mass is 9.97. The smallest absolute Gasteiger partial charge is 0.226 e. The quantitative estimate of drug-likeness (QED) is 0.923. The van der Waals surface area contributed by atoms with Gasteiger partial charge in [-0.3, -0.25) is 4.79 Å². The van der Waals surface area contributed by atoms with Crippen LogP contribution in [0.25, 0.3) is 0 Å². The third kappa shape index (κ3) is 3.66. The van der Waals surface area contributed by atoms with Gasteiger partial charge in [-0.05, 0) is 29.8 Å². The zero-order chi connectivity index (χ0) is 14.4. The van der Waals surface area contributed by atoms with Gasteiger partial charge in [0.25, 0.3) is 0 Å². The fraction of sp³-hybridized carbons (Fsp3) is 0.125. The van der Waals surface area contributed by atoms with Crippen molar-refractivity contribution < 1.29 is 9.18 Å². The Morgan fingerprint density at radius 2 is 1.80 bits per heavy atom. The molecule has 3 nitrogen and oxygen atoms in total. The number of hydrogen-bond acceptors (Lipinski definition) is 2. The molecule has 2 aromatic carbocycles. The van der Waals surface area contributed by atoms with Gasteiger partial charge in [0.1, 0.15) is 5.82 Å². The number of carbonyl (C=O) groups excluding carboxylic acids is 1. The van der Waals surface area contributed by atoms with Crippen molar-refractivity contribution in [2.24, 2.45) is 0 Å². The van der Waals surface area contributed by atoms with Crippen molar-refractivity contribution in [1.82, 2.24) is 0 Å². The van der Waals surface area contributed by atoms with E-state index in [4.69, 9.17) is 5.26 Å². The first-order valence-electron chi connectivity index (χ1n) is 6.19. The monoisotopic (exact) mass is 268 g/mol. The van der Waals surface area contributed by atoms with E-state index < -0.39 is 5.92 Å². The molecule has 0 spiro atoms. The van der Waals surface area contributed by atoms with E-state index in [-0.39, 0.29) is 18.1 Å². The molecule has 1 N–H and O–H groups in total. The van der Waals surface area contributed by atoms with Crippen molar-refractivity contribution >= 4 is 11.6 Å². The van der Waals surface area contributed by atoms with E-state index >= 15 is 0 Å². The molecular weight excluding hydrogens is 255 g/mol. The van der Waals surface area contributed by atoms with Crippen LogP contribution in [0.1, 0.15) is 17.9 Å². The van der Waals surface area contributed by atoms with Crippen LogP contribution in [0.3, 0.4) is 0 Å². The zero-order valence-electron chi connectivity index (χ0n) is 10.7. The third-order valence-corrected chi connectivity index (χ3v) is 2.88. The minimum Gasteiger partial charge on any atom is -0.326 e. The molecule has 0 heterocycles. The summed E-state index contributed by atoms with van der Waals surface area (Å²) < 4.78 is 12.8. The number of halogens is 1. The van der Waals surface area contributed by atoms with Gasteiger partial charge >= 0.3 is 0 Å². The van der Waals surface area contributed by atoms with Gasteiger partial charge < -0.3 is 5.32 Å². The van der Waals surface area contributed by atoms with Gasteiger partial charge in [-0.15, -0.1) is 0 Å². The van der Waals surface area contributed by atoms with Crippen LogP contribution < -0.4 is 5.32 Å². The lowest BCUT2D eigenvalue weighted by Crippen LogP contribution is -2.15. The van der Waals surface area contributed by atoms with Gasteiger partial charge in [-0.25, -0.2) is 4.39 Å². The van der Waals surface area contributed by atoms with E-state index in [0.29, 0.717) is 5.69 Å². The summed E-state index contributed by atoms with van der Waals surface area (Å²) in [7, 11) is 0. The largest absolute Gasteiger partial charge is 0.326 e. The normalized spacial score (nSPS) is 11.4. The number of nitrogens with one attached hydrogen (secondary N) is 1. The zero-order valence-corrected chi connectivity index (χ0v) is 10.7. The van der Waals surface area contributed by atoms with Crippen molar-refractivity contribution in [2.45, 2.75) is 12.3 Å². The number of benzene rings is 2. The molecule has 1 atom stereocenters. The SMILES string of the molecule is N#CC(CC(=O)Nc1ccc(F)cc1)c1ccccc1. The number of anilines is 1. The van der Waals surface area contributed by atoms with Crippen LogP contribution in [0, 0.1) is 17.1 Å². The summed E-state index contributed by atoms with van der Waals surface area (Å²) in [6.07, 6.45) is 0.0674. The summed E-state index contributed by atoms with van der Waals surface area (Å²) in [6.45, 7) is 0. The second-order valence-corrected chi connectivity index (χ2v) is 4.35. The molecule has 0 aromatic heterocycles.